The fraction of sp³-hybridized carbons (Fsp3) is 1.00. The Morgan fingerprint density at radius 2 is 1.39 bits per heavy atom. The van der Waals surface area contributed by atoms with Crippen LogP contribution in [-0.4, -0.2) is 12.6 Å². The van der Waals surface area contributed by atoms with Gasteiger partial charge in [-0.05, 0) is 87.5 Å². The van der Waals surface area contributed by atoms with E-state index in [4.69, 9.17) is 0 Å². The van der Waals surface area contributed by atoms with E-state index >= 15 is 0 Å². The van der Waals surface area contributed by atoms with E-state index in [-0.39, 0.29) is 0 Å². The predicted octanol–water partition coefficient (Wildman–Crippen LogP) is 3.98. The lowest BCUT2D eigenvalue weighted by Gasteiger charge is -2.54. The van der Waals surface area contributed by atoms with Crippen molar-refractivity contribution < 1.29 is 0 Å². The minimum Gasteiger partial charge on any atom is -0.314 e. The Hall–Kier alpha value is -0.0400. The van der Waals surface area contributed by atoms with Crippen LogP contribution in [0.4, 0.5) is 0 Å². The van der Waals surface area contributed by atoms with Crippen molar-refractivity contribution in [2.24, 2.45) is 29.6 Å². The number of nitrogens with one attached hydrogen (secondary N) is 1. The molecule has 0 atom stereocenters. The summed E-state index contributed by atoms with van der Waals surface area (Å²) in [5.74, 6) is 5.66. The Morgan fingerprint density at radius 3 is 2.00 bits per heavy atom. The van der Waals surface area contributed by atoms with Gasteiger partial charge in [-0.1, -0.05) is 12.8 Å². The van der Waals surface area contributed by atoms with Gasteiger partial charge in [0.2, 0.25) is 0 Å². The smallest absolute Gasteiger partial charge is 0.00670 e. The third-order valence-corrected chi connectivity index (χ3v) is 6.69. The van der Waals surface area contributed by atoms with Crippen molar-refractivity contribution in [3.63, 3.8) is 0 Å². The average molecular weight is 247 g/mol. The Kier molecular flexibility index (Phi) is 3.14. The van der Waals surface area contributed by atoms with Gasteiger partial charge in [-0.2, -0.15) is 0 Å². The van der Waals surface area contributed by atoms with Gasteiger partial charge in [0.15, 0.2) is 0 Å². The minimum atomic E-state index is 0.877. The molecule has 5 aliphatic rings. The molecule has 18 heavy (non-hydrogen) atoms. The molecule has 0 spiro atoms. The SMILES string of the molecule is C1CCC(NCCC2C3CC4CC(C3)CC2C4)C1. The highest BCUT2D eigenvalue weighted by molar-refractivity contribution is 4.98. The highest BCUT2D eigenvalue weighted by Gasteiger charge is 2.47. The molecule has 0 amide bonds. The van der Waals surface area contributed by atoms with E-state index in [1.54, 1.807) is 32.1 Å². The Balaban J connectivity index is 1.29. The second-order valence-electron chi connectivity index (χ2n) is 7.82. The van der Waals surface area contributed by atoms with Gasteiger partial charge in [0.05, 0.1) is 0 Å². The van der Waals surface area contributed by atoms with E-state index in [0.717, 1.165) is 35.6 Å². The lowest BCUT2D eigenvalue weighted by molar-refractivity contribution is -0.0394. The van der Waals surface area contributed by atoms with Crippen molar-refractivity contribution in [2.45, 2.75) is 70.3 Å². The van der Waals surface area contributed by atoms with E-state index in [1.165, 1.54) is 38.6 Å². The molecule has 0 unspecified atom stereocenters. The molecule has 0 aromatic heterocycles. The van der Waals surface area contributed by atoms with Gasteiger partial charge in [-0.3, -0.25) is 0 Å². The van der Waals surface area contributed by atoms with Gasteiger partial charge in [0.25, 0.3) is 0 Å². The third-order valence-electron chi connectivity index (χ3n) is 6.69. The highest BCUT2D eigenvalue weighted by atomic mass is 14.9. The van der Waals surface area contributed by atoms with Gasteiger partial charge in [0.1, 0.15) is 0 Å². The molecule has 1 N–H and O–H groups in total. The molecule has 5 fully saturated rings. The maximum Gasteiger partial charge on any atom is 0.00670 e. The average Bonchev–Trinajstić information content (AvgIpc) is 2.85. The van der Waals surface area contributed by atoms with Gasteiger partial charge in [-0.15, -0.1) is 0 Å². The predicted molar refractivity (Wildman–Crippen MR) is 75.4 cm³/mol. The maximum absolute atomic E-state index is 3.84. The molecule has 102 valence electrons. The zero-order chi connectivity index (χ0) is 11.9. The molecular formula is C17H29N. The van der Waals surface area contributed by atoms with Crippen molar-refractivity contribution >= 4 is 0 Å². The highest BCUT2D eigenvalue weighted by Crippen LogP contribution is 2.57. The summed E-state index contributed by atoms with van der Waals surface area (Å²) in [4.78, 5) is 0. The molecule has 0 aromatic carbocycles. The molecule has 4 bridgehead atoms. The van der Waals surface area contributed by atoms with Gasteiger partial charge < -0.3 is 5.32 Å². The van der Waals surface area contributed by atoms with Crippen LogP contribution in [0.25, 0.3) is 0 Å². The van der Waals surface area contributed by atoms with Crippen molar-refractivity contribution in [3.8, 4) is 0 Å². The first-order valence-corrected chi connectivity index (χ1v) is 8.62. The molecule has 0 aromatic rings. The Bertz CT molecular complexity index is 264. The monoisotopic (exact) mass is 247 g/mol. The topological polar surface area (TPSA) is 12.0 Å². The molecule has 1 heteroatoms. The standard InChI is InChI=1S/C17H29N/c1-2-4-16(3-1)18-6-5-17-14-8-12-7-13(10-14)11-15(17)9-12/h12-18H,1-11H2. The minimum absolute atomic E-state index is 0.877. The summed E-state index contributed by atoms with van der Waals surface area (Å²) in [6, 6.07) is 0.877. The van der Waals surface area contributed by atoms with Gasteiger partial charge >= 0.3 is 0 Å². The van der Waals surface area contributed by atoms with Crippen LogP contribution in [0.15, 0.2) is 0 Å². The number of hydrogen-bond donors (Lipinski definition) is 1. The van der Waals surface area contributed by atoms with Crippen LogP contribution in [0.1, 0.15) is 64.2 Å². The van der Waals surface area contributed by atoms with Gasteiger partial charge in [-0.25, -0.2) is 0 Å². The van der Waals surface area contributed by atoms with Crippen LogP contribution < -0.4 is 5.32 Å². The lowest BCUT2D eigenvalue weighted by atomic mass is 9.51. The fourth-order valence-corrected chi connectivity index (χ4v) is 6.09. The van der Waals surface area contributed by atoms with Crippen LogP contribution >= 0.6 is 0 Å². The Morgan fingerprint density at radius 1 is 0.778 bits per heavy atom. The number of hydrogen-bond acceptors (Lipinski definition) is 1. The van der Waals surface area contributed by atoms with Crippen molar-refractivity contribution in [3.05, 3.63) is 0 Å². The van der Waals surface area contributed by atoms with Crippen molar-refractivity contribution in [1.29, 1.82) is 0 Å². The summed E-state index contributed by atoms with van der Waals surface area (Å²) < 4.78 is 0. The lowest BCUT2D eigenvalue weighted by Crippen LogP contribution is -2.46. The first kappa shape index (κ1) is 11.8. The van der Waals surface area contributed by atoms with Crippen LogP contribution in [0.3, 0.4) is 0 Å². The summed E-state index contributed by atoms with van der Waals surface area (Å²) in [6.45, 7) is 1.32. The molecule has 5 aliphatic carbocycles. The molecule has 0 saturated heterocycles. The normalized spacial score (nSPS) is 47.0. The molecule has 0 heterocycles. The molecular weight excluding hydrogens is 218 g/mol. The van der Waals surface area contributed by atoms with Crippen LogP contribution in [0, 0.1) is 29.6 Å². The van der Waals surface area contributed by atoms with Crippen molar-refractivity contribution in [1.82, 2.24) is 5.32 Å². The zero-order valence-electron chi connectivity index (χ0n) is 11.7. The zero-order valence-corrected chi connectivity index (χ0v) is 11.7. The molecule has 5 saturated carbocycles. The summed E-state index contributed by atoms with van der Waals surface area (Å²) in [7, 11) is 0. The summed E-state index contributed by atoms with van der Waals surface area (Å²) in [5.41, 5.74) is 0. The van der Waals surface area contributed by atoms with E-state index in [2.05, 4.69) is 5.32 Å². The molecule has 0 aliphatic heterocycles. The van der Waals surface area contributed by atoms with E-state index in [0.29, 0.717) is 0 Å². The fourth-order valence-electron chi connectivity index (χ4n) is 6.09. The third kappa shape index (κ3) is 2.13. The first-order valence-electron chi connectivity index (χ1n) is 8.62. The van der Waals surface area contributed by atoms with E-state index in [1.807, 2.05) is 0 Å². The van der Waals surface area contributed by atoms with E-state index in [9.17, 15) is 0 Å². The second-order valence-corrected chi connectivity index (χ2v) is 7.82. The number of rotatable bonds is 4. The van der Waals surface area contributed by atoms with E-state index < -0.39 is 0 Å². The second kappa shape index (κ2) is 4.81. The maximum atomic E-state index is 3.84. The van der Waals surface area contributed by atoms with Crippen LogP contribution in [0.5, 0.6) is 0 Å². The molecule has 1 nitrogen and oxygen atoms in total. The van der Waals surface area contributed by atoms with Crippen molar-refractivity contribution in [2.75, 3.05) is 6.54 Å². The van der Waals surface area contributed by atoms with Crippen LogP contribution in [0.2, 0.25) is 0 Å². The first-order chi connectivity index (χ1) is 8.88. The summed E-state index contributed by atoms with van der Waals surface area (Å²) in [5, 5.41) is 3.84. The molecule has 0 radical (unpaired) electrons. The largest absolute Gasteiger partial charge is 0.314 e. The van der Waals surface area contributed by atoms with Gasteiger partial charge in [0, 0.05) is 6.04 Å². The Labute approximate surface area is 112 Å². The molecule has 5 rings (SSSR count). The quantitative estimate of drug-likeness (QED) is 0.792. The summed E-state index contributed by atoms with van der Waals surface area (Å²) >= 11 is 0. The van der Waals surface area contributed by atoms with Crippen LogP contribution in [-0.2, 0) is 0 Å². The summed E-state index contributed by atoms with van der Waals surface area (Å²) in [6.07, 6.45) is 15.3.